The third kappa shape index (κ3) is 2.59. The van der Waals surface area contributed by atoms with Crippen LogP contribution in [-0.2, 0) is 0 Å². The van der Waals surface area contributed by atoms with Gasteiger partial charge in [0.1, 0.15) is 0 Å². The molecule has 82 valence electrons. The Kier molecular flexibility index (Phi) is 3.41. The molecule has 0 aliphatic heterocycles. The van der Waals surface area contributed by atoms with Gasteiger partial charge in [-0.2, -0.15) is 0 Å². The molecule has 1 unspecified atom stereocenters. The van der Waals surface area contributed by atoms with Crippen LogP contribution in [0.15, 0.2) is 12.4 Å². The van der Waals surface area contributed by atoms with Crippen LogP contribution in [-0.4, -0.2) is 16.0 Å². The van der Waals surface area contributed by atoms with Crippen LogP contribution >= 0.6 is 11.6 Å². The molecule has 3 nitrogen and oxygen atoms in total. The second-order valence-corrected chi connectivity index (χ2v) is 4.53. The van der Waals surface area contributed by atoms with Gasteiger partial charge in [-0.3, -0.25) is 0 Å². The summed E-state index contributed by atoms with van der Waals surface area (Å²) in [5.74, 6) is 1.46. The van der Waals surface area contributed by atoms with Gasteiger partial charge in [-0.15, -0.1) is 0 Å². The van der Waals surface area contributed by atoms with Crippen molar-refractivity contribution in [3.63, 3.8) is 0 Å². The van der Waals surface area contributed by atoms with Crippen molar-refractivity contribution in [3.8, 4) is 0 Å². The van der Waals surface area contributed by atoms with Crippen molar-refractivity contribution < 1.29 is 0 Å². The molecular formula is C11H16ClN3. The molecule has 1 aromatic rings. The molecule has 1 heterocycles. The van der Waals surface area contributed by atoms with Gasteiger partial charge in [0, 0.05) is 18.4 Å². The zero-order valence-electron chi connectivity index (χ0n) is 8.91. The second kappa shape index (κ2) is 4.79. The maximum atomic E-state index is 5.94. The summed E-state index contributed by atoms with van der Waals surface area (Å²) in [5, 5.41) is 3.81. The third-order valence-corrected chi connectivity index (χ3v) is 3.40. The fraction of sp³-hybridized carbons (Fsp3) is 0.636. The molecule has 15 heavy (non-hydrogen) atoms. The van der Waals surface area contributed by atoms with Gasteiger partial charge in [-0.1, -0.05) is 24.4 Å². The Morgan fingerprint density at radius 2 is 2.00 bits per heavy atom. The number of halogens is 1. The predicted octanol–water partition coefficient (Wildman–Crippen LogP) is 3.12. The van der Waals surface area contributed by atoms with E-state index in [9.17, 15) is 0 Å². The molecule has 1 N–H and O–H groups in total. The van der Waals surface area contributed by atoms with Gasteiger partial charge in [0.2, 0.25) is 0 Å². The smallest absolute Gasteiger partial charge is 0.171 e. The first-order chi connectivity index (χ1) is 7.27. The molecule has 1 saturated carbocycles. The molecule has 1 aromatic heterocycles. The molecule has 1 aliphatic rings. The first-order valence-electron chi connectivity index (χ1n) is 5.50. The van der Waals surface area contributed by atoms with Crippen molar-refractivity contribution in [2.75, 3.05) is 5.32 Å². The minimum atomic E-state index is 0.432. The molecule has 4 heteroatoms. The van der Waals surface area contributed by atoms with Crippen molar-refractivity contribution in [2.45, 2.75) is 38.6 Å². The fourth-order valence-electron chi connectivity index (χ4n) is 2.21. The van der Waals surface area contributed by atoms with Crippen LogP contribution in [0.4, 0.5) is 5.82 Å². The van der Waals surface area contributed by atoms with E-state index in [1.807, 2.05) is 0 Å². The first-order valence-corrected chi connectivity index (χ1v) is 5.88. The van der Waals surface area contributed by atoms with Crippen LogP contribution in [0.2, 0.25) is 5.15 Å². The average molecular weight is 226 g/mol. The van der Waals surface area contributed by atoms with Crippen molar-refractivity contribution in [2.24, 2.45) is 5.92 Å². The zero-order valence-corrected chi connectivity index (χ0v) is 9.67. The van der Waals surface area contributed by atoms with Crippen molar-refractivity contribution in [1.82, 2.24) is 9.97 Å². The van der Waals surface area contributed by atoms with Crippen LogP contribution in [0, 0.1) is 5.92 Å². The summed E-state index contributed by atoms with van der Waals surface area (Å²) in [6.07, 6.45) is 8.59. The molecule has 0 radical (unpaired) electrons. The molecule has 0 bridgehead atoms. The highest BCUT2D eigenvalue weighted by molar-refractivity contribution is 6.31. The van der Waals surface area contributed by atoms with Crippen LogP contribution in [0.25, 0.3) is 0 Å². The van der Waals surface area contributed by atoms with Gasteiger partial charge in [-0.05, 0) is 25.7 Å². The standard InChI is InChI=1S/C11H16ClN3/c1-8(9-4-2-3-5-9)15-11-10(12)13-6-7-14-11/h6-9H,2-5H2,1H3,(H,14,15). The topological polar surface area (TPSA) is 37.8 Å². The summed E-state index contributed by atoms with van der Waals surface area (Å²) in [7, 11) is 0. The van der Waals surface area contributed by atoms with Crippen LogP contribution < -0.4 is 5.32 Å². The SMILES string of the molecule is CC(Nc1nccnc1Cl)C1CCCC1. The maximum absolute atomic E-state index is 5.94. The highest BCUT2D eigenvalue weighted by atomic mass is 35.5. The lowest BCUT2D eigenvalue weighted by Crippen LogP contribution is -2.24. The van der Waals surface area contributed by atoms with E-state index in [1.165, 1.54) is 25.7 Å². The molecule has 0 aromatic carbocycles. The van der Waals surface area contributed by atoms with Gasteiger partial charge in [0.25, 0.3) is 0 Å². The molecule has 1 atom stereocenters. The maximum Gasteiger partial charge on any atom is 0.171 e. The van der Waals surface area contributed by atoms with Gasteiger partial charge >= 0.3 is 0 Å². The monoisotopic (exact) mass is 225 g/mol. The first kappa shape index (κ1) is 10.7. The molecule has 0 saturated heterocycles. The molecular weight excluding hydrogens is 210 g/mol. The van der Waals surface area contributed by atoms with Gasteiger partial charge < -0.3 is 5.32 Å². The number of hydrogen-bond donors (Lipinski definition) is 1. The largest absolute Gasteiger partial charge is 0.365 e. The summed E-state index contributed by atoms with van der Waals surface area (Å²) in [6.45, 7) is 2.20. The van der Waals surface area contributed by atoms with Gasteiger partial charge in [-0.25, -0.2) is 9.97 Å². The van der Waals surface area contributed by atoms with Crippen molar-refractivity contribution >= 4 is 17.4 Å². The van der Waals surface area contributed by atoms with Gasteiger partial charge in [0.15, 0.2) is 11.0 Å². The van der Waals surface area contributed by atoms with E-state index < -0.39 is 0 Å². The Morgan fingerprint density at radius 1 is 1.33 bits per heavy atom. The summed E-state index contributed by atoms with van der Waals surface area (Å²) in [4.78, 5) is 8.18. The summed E-state index contributed by atoms with van der Waals surface area (Å²) >= 11 is 5.94. The zero-order chi connectivity index (χ0) is 10.7. The number of aromatic nitrogens is 2. The lowest BCUT2D eigenvalue weighted by Gasteiger charge is -2.20. The molecule has 2 rings (SSSR count). The van der Waals surface area contributed by atoms with E-state index in [4.69, 9.17) is 11.6 Å². The van der Waals surface area contributed by atoms with E-state index in [0.29, 0.717) is 17.0 Å². The number of hydrogen-bond acceptors (Lipinski definition) is 3. The van der Waals surface area contributed by atoms with E-state index >= 15 is 0 Å². The predicted molar refractivity (Wildman–Crippen MR) is 62.1 cm³/mol. The molecule has 0 amide bonds. The molecule has 0 spiro atoms. The lowest BCUT2D eigenvalue weighted by atomic mass is 10.00. The van der Waals surface area contributed by atoms with E-state index in [1.54, 1.807) is 12.4 Å². The summed E-state index contributed by atoms with van der Waals surface area (Å²) < 4.78 is 0. The Morgan fingerprint density at radius 3 is 2.67 bits per heavy atom. The van der Waals surface area contributed by atoms with E-state index in [2.05, 4.69) is 22.2 Å². The lowest BCUT2D eigenvalue weighted by molar-refractivity contribution is 0.481. The molecule has 1 fully saturated rings. The normalized spacial score (nSPS) is 19.1. The average Bonchev–Trinajstić information content (AvgIpc) is 2.74. The van der Waals surface area contributed by atoms with Crippen LogP contribution in [0.1, 0.15) is 32.6 Å². The summed E-state index contributed by atoms with van der Waals surface area (Å²) in [5.41, 5.74) is 0. The molecule has 1 aliphatic carbocycles. The number of anilines is 1. The number of rotatable bonds is 3. The number of nitrogens with zero attached hydrogens (tertiary/aromatic N) is 2. The van der Waals surface area contributed by atoms with Crippen molar-refractivity contribution in [3.05, 3.63) is 17.5 Å². The Bertz CT molecular complexity index is 323. The van der Waals surface area contributed by atoms with E-state index in [0.717, 1.165) is 5.92 Å². The Balaban J connectivity index is 1.99. The summed E-state index contributed by atoms with van der Waals surface area (Å²) in [6, 6.07) is 0.432. The highest BCUT2D eigenvalue weighted by Crippen LogP contribution is 2.29. The fourth-order valence-corrected chi connectivity index (χ4v) is 2.37. The minimum Gasteiger partial charge on any atom is -0.365 e. The van der Waals surface area contributed by atoms with Gasteiger partial charge in [0.05, 0.1) is 0 Å². The van der Waals surface area contributed by atoms with E-state index in [-0.39, 0.29) is 0 Å². The quantitative estimate of drug-likeness (QED) is 0.859. The minimum absolute atomic E-state index is 0.432. The van der Waals surface area contributed by atoms with Crippen LogP contribution in [0.3, 0.4) is 0 Å². The second-order valence-electron chi connectivity index (χ2n) is 4.17. The Labute approximate surface area is 95.3 Å². The third-order valence-electron chi connectivity index (χ3n) is 3.12. The highest BCUT2D eigenvalue weighted by Gasteiger charge is 2.22. The van der Waals surface area contributed by atoms with Crippen molar-refractivity contribution in [1.29, 1.82) is 0 Å². The van der Waals surface area contributed by atoms with Crippen LogP contribution in [0.5, 0.6) is 0 Å². The number of nitrogens with one attached hydrogen (secondary N) is 1. The Hall–Kier alpha value is -0.830.